The van der Waals surface area contributed by atoms with Gasteiger partial charge in [0.15, 0.2) is 0 Å². The van der Waals surface area contributed by atoms with Gasteiger partial charge < -0.3 is 9.64 Å². The first-order chi connectivity index (χ1) is 8.83. The number of halogens is 1. The highest BCUT2D eigenvalue weighted by Gasteiger charge is 2.29. The molecule has 1 aromatic heterocycles. The van der Waals surface area contributed by atoms with Crippen LogP contribution in [0, 0.1) is 5.92 Å². The van der Waals surface area contributed by atoms with Crippen molar-refractivity contribution in [2.45, 2.75) is 31.8 Å². The maximum atomic E-state index is 5.81. The van der Waals surface area contributed by atoms with Crippen LogP contribution in [-0.2, 0) is 4.74 Å². The van der Waals surface area contributed by atoms with Gasteiger partial charge in [0.05, 0.1) is 6.10 Å². The summed E-state index contributed by atoms with van der Waals surface area (Å²) < 4.78 is 6.85. The first kappa shape index (κ1) is 12.4. The second-order valence-corrected chi connectivity index (χ2v) is 6.13. The zero-order valence-corrected chi connectivity index (χ0v) is 12.1. The summed E-state index contributed by atoms with van der Waals surface area (Å²) in [5.74, 6) is 1.86. The first-order valence-electron chi connectivity index (χ1n) is 6.81. The molecule has 2 saturated heterocycles. The molecule has 0 N–H and O–H groups in total. The van der Waals surface area contributed by atoms with E-state index in [1.807, 2.05) is 6.20 Å². The van der Waals surface area contributed by atoms with Crippen molar-refractivity contribution in [3.8, 4) is 0 Å². The molecule has 98 valence electrons. The van der Waals surface area contributed by atoms with Crippen LogP contribution in [0.25, 0.3) is 0 Å². The molecule has 2 fully saturated rings. The van der Waals surface area contributed by atoms with Crippen molar-refractivity contribution in [2.75, 3.05) is 24.6 Å². The van der Waals surface area contributed by atoms with Gasteiger partial charge in [0, 0.05) is 30.4 Å². The number of piperidine rings is 1. The van der Waals surface area contributed by atoms with Gasteiger partial charge >= 0.3 is 0 Å². The zero-order valence-electron chi connectivity index (χ0n) is 10.5. The molecule has 0 bridgehead atoms. The summed E-state index contributed by atoms with van der Waals surface area (Å²) in [6.07, 6.45) is 7.40. The Morgan fingerprint density at radius 3 is 2.67 bits per heavy atom. The average Bonchev–Trinajstić information content (AvgIpc) is 2.94. The lowest BCUT2D eigenvalue weighted by Crippen LogP contribution is -2.38. The van der Waals surface area contributed by atoms with Crippen LogP contribution in [0.2, 0.25) is 0 Å². The summed E-state index contributed by atoms with van der Waals surface area (Å²) in [5.41, 5.74) is 0. The lowest BCUT2D eigenvalue weighted by Gasteiger charge is -2.35. The van der Waals surface area contributed by atoms with Crippen molar-refractivity contribution >= 4 is 21.7 Å². The van der Waals surface area contributed by atoms with Crippen molar-refractivity contribution in [3.05, 3.63) is 22.8 Å². The van der Waals surface area contributed by atoms with E-state index in [9.17, 15) is 0 Å². The number of hydrogen-bond acceptors (Lipinski definition) is 3. The smallest absolute Gasteiger partial charge is 0.128 e. The molecular weight excluding hydrogens is 292 g/mol. The summed E-state index contributed by atoms with van der Waals surface area (Å²) in [5, 5.41) is 0. The number of pyridine rings is 1. The quantitative estimate of drug-likeness (QED) is 0.838. The standard InChI is InChI=1S/C14H19BrN2O/c15-12-3-4-14(16-10-12)17-7-5-11(6-8-17)13-2-1-9-18-13/h3-4,10-11,13H,1-2,5-9H2/t13-/m0/s1. The van der Waals surface area contributed by atoms with Crippen molar-refractivity contribution in [2.24, 2.45) is 5.92 Å². The molecule has 3 rings (SSSR count). The number of aromatic nitrogens is 1. The Hall–Kier alpha value is -0.610. The van der Waals surface area contributed by atoms with Gasteiger partial charge in [-0.25, -0.2) is 4.98 Å². The lowest BCUT2D eigenvalue weighted by atomic mass is 9.90. The van der Waals surface area contributed by atoms with Gasteiger partial charge in [-0.15, -0.1) is 0 Å². The number of hydrogen-bond donors (Lipinski definition) is 0. The number of nitrogens with zero attached hydrogens (tertiary/aromatic N) is 2. The molecule has 3 nitrogen and oxygen atoms in total. The Labute approximate surface area is 117 Å². The number of rotatable bonds is 2. The Morgan fingerprint density at radius 2 is 2.06 bits per heavy atom. The molecule has 0 amide bonds. The SMILES string of the molecule is Brc1ccc(N2CCC([C@@H]3CCCO3)CC2)nc1. The Morgan fingerprint density at radius 1 is 1.22 bits per heavy atom. The second kappa shape index (κ2) is 5.57. The summed E-state index contributed by atoms with van der Waals surface area (Å²) in [7, 11) is 0. The molecule has 0 spiro atoms. The van der Waals surface area contributed by atoms with E-state index in [1.165, 1.54) is 25.7 Å². The van der Waals surface area contributed by atoms with E-state index in [-0.39, 0.29) is 0 Å². The summed E-state index contributed by atoms with van der Waals surface area (Å²) in [6, 6.07) is 4.16. The van der Waals surface area contributed by atoms with Crippen LogP contribution < -0.4 is 4.90 Å². The fourth-order valence-corrected chi connectivity index (χ4v) is 3.26. The maximum Gasteiger partial charge on any atom is 0.128 e. The molecule has 1 aromatic rings. The Kier molecular flexibility index (Phi) is 3.85. The van der Waals surface area contributed by atoms with Crippen molar-refractivity contribution in [3.63, 3.8) is 0 Å². The lowest BCUT2D eigenvalue weighted by molar-refractivity contribution is 0.0531. The third kappa shape index (κ3) is 2.69. The molecule has 3 heterocycles. The van der Waals surface area contributed by atoms with Gasteiger partial charge in [0.2, 0.25) is 0 Å². The molecule has 0 unspecified atom stereocenters. The van der Waals surface area contributed by atoms with E-state index >= 15 is 0 Å². The Balaban J connectivity index is 1.57. The number of anilines is 1. The van der Waals surface area contributed by atoms with Gasteiger partial charge in [0.1, 0.15) is 5.82 Å². The van der Waals surface area contributed by atoms with Crippen molar-refractivity contribution in [1.29, 1.82) is 0 Å². The van der Waals surface area contributed by atoms with Crippen LogP contribution in [0.4, 0.5) is 5.82 Å². The topological polar surface area (TPSA) is 25.4 Å². The van der Waals surface area contributed by atoms with Crippen LogP contribution in [0.15, 0.2) is 22.8 Å². The van der Waals surface area contributed by atoms with E-state index in [2.05, 4.69) is 37.9 Å². The van der Waals surface area contributed by atoms with Crippen LogP contribution in [0.3, 0.4) is 0 Å². The molecule has 2 aliphatic rings. The van der Waals surface area contributed by atoms with Crippen LogP contribution in [0.5, 0.6) is 0 Å². The van der Waals surface area contributed by atoms with Crippen LogP contribution in [0.1, 0.15) is 25.7 Å². The monoisotopic (exact) mass is 310 g/mol. The van der Waals surface area contributed by atoms with E-state index in [0.29, 0.717) is 6.10 Å². The Bertz CT molecular complexity index is 381. The summed E-state index contributed by atoms with van der Waals surface area (Å²) >= 11 is 3.43. The normalized spacial score (nSPS) is 25.6. The van der Waals surface area contributed by atoms with E-state index in [0.717, 1.165) is 35.9 Å². The summed E-state index contributed by atoms with van der Waals surface area (Å²) in [4.78, 5) is 6.86. The zero-order chi connectivity index (χ0) is 12.4. The van der Waals surface area contributed by atoms with Crippen LogP contribution >= 0.6 is 15.9 Å². The third-order valence-electron chi connectivity index (χ3n) is 4.07. The van der Waals surface area contributed by atoms with Gasteiger partial charge in [-0.05, 0) is 59.7 Å². The van der Waals surface area contributed by atoms with E-state index < -0.39 is 0 Å². The molecule has 0 aliphatic carbocycles. The average molecular weight is 311 g/mol. The minimum absolute atomic E-state index is 0.532. The van der Waals surface area contributed by atoms with Gasteiger partial charge in [-0.1, -0.05) is 0 Å². The molecule has 18 heavy (non-hydrogen) atoms. The molecule has 0 radical (unpaired) electrons. The highest BCUT2D eigenvalue weighted by molar-refractivity contribution is 9.10. The maximum absolute atomic E-state index is 5.81. The third-order valence-corrected chi connectivity index (χ3v) is 4.54. The minimum atomic E-state index is 0.532. The van der Waals surface area contributed by atoms with Gasteiger partial charge in [0.25, 0.3) is 0 Å². The predicted octanol–water partition coefficient (Wildman–Crippen LogP) is 3.24. The highest BCUT2D eigenvalue weighted by atomic mass is 79.9. The first-order valence-corrected chi connectivity index (χ1v) is 7.60. The highest BCUT2D eigenvalue weighted by Crippen LogP contribution is 2.30. The fourth-order valence-electron chi connectivity index (χ4n) is 3.03. The van der Waals surface area contributed by atoms with Gasteiger partial charge in [-0.3, -0.25) is 0 Å². The molecule has 1 atom stereocenters. The minimum Gasteiger partial charge on any atom is -0.378 e. The van der Waals surface area contributed by atoms with Crippen molar-refractivity contribution in [1.82, 2.24) is 4.98 Å². The van der Waals surface area contributed by atoms with E-state index in [4.69, 9.17) is 4.74 Å². The molecule has 4 heteroatoms. The molecule has 2 aliphatic heterocycles. The molecular formula is C14H19BrN2O. The molecule has 0 aromatic carbocycles. The van der Waals surface area contributed by atoms with Gasteiger partial charge in [-0.2, -0.15) is 0 Å². The fraction of sp³-hybridized carbons (Fsp3) is 0.643. The largest absolute Gasteiger partial charge is 0.378 e. The second-order valence-electron chi connectivity index (χ2n) is 5.21. The van der Waals surface area contributed by atoms with Crippen LogP contribution in [-0.4, -0.2) is 30.8 Å². The predicted molar refractivity (Wildman–Crippen MR) is 75.8 cm³/mol. The van der Waals surface area contributed by atoms with Crippen molar-refractivity contribution < 1.29 is 4.74 Å². The summed E-state index contributed by atoms with van der Waals surface area (Å²) in [6.45, 7) is 3.19. The number of ether oxygens (including phenoxy) is 1. The van der Waals surface area contributed by atoms with E-state index in [1.54, 1.807) is 0 Å². The molecule has 0 saturated carbocycles.